The van der Waals surface area contributed by atoms with Crippen molar-refractivity contribution >= 4 is 135 Å². The van der Waals surface area contributed by atoms with Gasteiger partial charge in [-0.05, 0) is 246 Å². The zero-order valence-corrected chi connectivity index (χ0v) is 75.2. The number of ether oxygens (including phenoxy) is 1. The van der Waals surface area contributed by atoms with Gasteiger partial charge < -0.3 is 4.74 Å². The van der Waals surface area contributed by atoms with Crippen LogP contribution in [0.3, 0.4) is 0 Å². The number of benzene rings is 13. The van der Waals surface area contributed by atoms with Gasteiger partial charge in [0.05, 0.1) is 7.11 Å². The maximum atomic E-state index is 11.9. The van der Waals surface area contributed by atoms with Crippen LogP contribution in [0, 0.1) is 0 Å². The summed E-state index contributed by atoms with van der Waals surface area (Å²) in [6.07, 6.45) is 85.3. The lowest BCUT2D eigenvalue weighted by Crippen LogP contribution is -2.03. The Hall–Kier alpha value is -5.99. The number of hydrogen-bond donors (Lipinski definition) is 0. The Balaban J connectivity index is 1.00. The first kappa shape index (κ1) is 87.8. The van der Waals surface area contributed by atoms with Crippen LogP contribution >= 0.6 is 0 Å². The molecule has 116 heavy (non-hydrogen) atoms. The molecule has 0 aromatic heterocycles. The van der Waals surface area contributed by atoms with E-state index in [-0.39, 0.29) is 5.97 Å². The number of aryl methyl sites for hydroxylation is 6. The van der Waals surface area contributed by atoms with Crippen molar-refractivity contribution in [3.63, 3.8) is 0 Å². The van der Waals surface area contributed by atoms with Crippen LogP contribution in [0.1, 0.15) is 447 Å². The van der Waals surface area contributed by atoms with Crippen molar-refractivity contribution in [2.75, 3.05) is 7.11 Å². The van der Waals surface area contributed by atoms with Gasteiger partial charge in [-0.2, -0.15) is 0 Å². The van der Waals surface area contributed by atoms with Gasteiger partial charge in [-0.15, -0.1) is 0 Å². The highest BCUT2D eigenvalue weighted by molar-refractivity contribution is 6.61. The summed E-state index contributed by atoms with van der Waals surface area (Å²) < 4.78 is 4.97. The Bertz CT molecular complexity index is 4300. The maximum Gasteiger partial charge on any atom is 0.305 e. The highest BCUT2D eigenvalue weighted by Crippen LogP contribution is 2.61. The number of esters is 1. The monoisotopic (exact) mass is 1560 g/mol. The smallest absolute Gasteiger partial charge is 0.305 e. The third-order valence-electron chi connectivity index (χ3n) is 28.8. The van der Waals surface area contributed by atoms with Gasteiger partial charge in [-0.3, -0.25) is 4.79 Å². The van der Waals surface area contributed by atoms with E-state index < -0.39 is 0 Å². The van der Waals surface area contributed by atoms with Gasteiger partial charge in [0.15, 0.2) is 0 Å². The summed E-state index contributed by atoms with van der Waals surface area (Å²) in [4.78, 5) is 11.9. The Morgan fingerprint density at radius 1 is 0.172 bits per heavy atom. The molecule has 0 radical (unpaired) electrons. The van der Waals surface area contributed by atoms with E-state index in [1.165, 1.54) is 405 Å². The third-order valence-corrected chi connectivity index (χ3v) is 28.8. The number of carbonyl (C=O) groups excluding carboxylic acids is 1. The summed E-state index contributed by atoms with van der Waals surface area (Å²) in [5, 5.41) is 37.4. The standard InChI is InChI=1S/C114H160O2/c1-7-12-17-22-27-32-37-44-51-58-65-84-72-90-92-74-85(66-59-52-45-38-33-28-23-18-13-8-2)76-94-96-78-87(68-61-54-47-40-35-30-25-20-15-10-4)80-98-100-82-89(70-63-56-49-42-43-50-57-64-71-102(115)116-6)83-101-99-81-88(69-62-55-48-41-36-31-26-21-16-11-5)79-97-95-77-86(67-60-53-46-39-34-29-24-19-14-9-3)75-93-91(73-84)103(90)109-110(104(92)94)112(106(96)98)114(108(100)101)113(107(97)99)111(109)105(93)95/h72-83H,7-71H2,1-6H3. The molecular weight excluding hydrogens is 1400 g/mol. The summed E-state index contributed by atoms with van der Waals surface area (Å²) in [7, 11) is 1.52. The summed E-state index contributed by atoms with van der Waals surface area (Å²) in [5.41, 5.74) is 9.36. The van der Waals surface area contributed by atoms with Crippen LogP contribution < -0.4 is 0 Å². The maximum absolute atomic E-state index is 11.9. The summed E-state index contributed by atoms with van der Waals surface area (Å²) in [5.74, 6) is -0.0688. The molecule has 0 aliphatic heterocycles. The van der Waals surface area contributed by atoms with Gasteiger partial charge in [-0.25, -0.2) is 0 Å². The quantitative estimate of drug-likeness (QED) is 0.0164. The Labute approximate surface area is 705 Å². The van der Waals surface area contributed by atoms with Crippen LogP contribution in [0.5, 0.6) is 0 Å². The molecule has 0 saturated carbocycles. The van der Waals surface area contributed by atoms with Crippen molar-refractivity contribution in [3.8, 4) is 0 Å². The fourth-order valence-corrected chi connectivity index (χ4v) is 22.3. The number of rotatable bonds is 66. The zero-order chi connectivity index (χ0) is 80.1. The van der Waals surface area contributed by atoms with Crippen LogP contribution in [-0.2, 0) is 48.1 Å². The average molecular weight is 1560 g/mol. The van der Waals surface area contributed by atoms with Crippen molar-refractivity contribution in [3.05, 3.63) is 106 Å². The van der Waals surface area contributed by atoms with Crippen molar-refractivity contribution in [2.45, 2.75) is 452 Å². The molecule has 0 spiro atoms. The Morgan fingerprint density at radius 2 is 0.293 bits per heavy atom. The molecule has 0 saturated heterocycles. The summed E-state index contributed by atoms with van der Waals surface area (Å²) >= 11 is 0. The average Bonchev–Trinajstić information content (AvgIpc) is 0.642. The predicted molar refractivity (Wildman–Crippen MR) is 519 cm³/mol. The highest BCUT2D eigenvalue weighted by Gasteiger charge is 2.33. The molecule has 2 nitrogen and oxygen atoms in total. The summed E-state index contributed by atoms with van der Waals surface area (Å²) in [6, 6.07) is 33.6. The van der Waals surface area contributed by atoms with Crippen LogP contribution in [0.15, 0.2) is 72.8 Å². The van der Waals surface area contributed by atoms with Crippen molar-refractivity contribution < 1.29 is 9.53 Å². The molecule has 628 valence electrons. The van der Waals surface area contributed by atoms with Gasteiger partial charge in [0.1, 0.15) is 0 Å². The lowest BCUT2D eigenvalue weighted by molar-refractivity contribution is -0.140. The first-order chi connectivity index (χ1) is 57.4. The van der Waals surface area contributed by atoms with E-state index in [0.717, 1.165) is 51.4 Å². The first-order valence-electron chi connectivity index (χ1n) is 50.8. The fraction of sp³-hybridized carbons (Fsp3) is 0.623. The number of carbonyl (C=O) groups is 1. The molecule has 0 aliphatic carbocycles. The topological polar surface area (TPSA) is 26.3 Å². The number of fused-ring (bicyclic) bond motifs is 6. The molecule has 0 amide bonds. The minimum Gasteiger partial charge on any atom is -0.469 e. The molecule has 0 N–H and O–H groups in total. The largest absolute Gasteiger partial charge is 0.469 e. The van der Waals surface area contributed by atoms with Crippen LogP contribution in [0.4, 0.5) is 0 Å². The molecule has 0 unspecified atom stereocenters. The van der Waals surface area contributed by atoms with E-state index in [1.807, 2.05) is 0 Å². The van der Waals surface area contributed by atoms with Crippen LogP contribution in [-0.4, -0.2) is 13.1 Å². The second-order valence-corrected chi connectivity index (χ2v) is 38.2. The minimum atomic E-state index is -0.0688. The second kappa shape index (κ2) is 46.7. The molecule has 13 aromatic rings. The van der Waals surface area contributed by atoms with Crippen molar-refractivity contribution in [1.82, 2.24) is 0 Å². The molecule has 2 heteroatoms. The first-order valence-corrected chi connectivity index (χ1v) is 50.8. The van der Waals surface area contributed by atoms with Crippen LogP contribution in [0.25, 0.3) is 129 Å². The van der Waals surface area contributed by atoms with Crippen LogP contribution in [0.2, 0.25) is 0 Å². The molecular formula is C114H160O2. The van der Waals surface area contributed by atoms with Crippen molar-refractivity contribution in [1.29, 1.82) is 0 Å². The van der Waals surface area contributed by atoms with E-state index >= 15 is 0 Å². The normalized spacial score (nSPS) is 12.6. The van der Waals surface area contributed by atoms with Gasteiger partial charge in [0.25, 0.3) is 0 Å². The Morgan fingerprint density at radius 3 is 0.422 bits per heavy atom. The van der Waals surface area contributed by atoms with E-state index in [4.69, 9.17) is 4.74 Å². The third kappa shape index (κ3) is 22.0. The number of methoxy groups -OCH3 is 1. The Kier molecular flexibility index (Phi) is 35.4. The fourth-order valence-electron chi connectivity index (χ4n) is 22.3. The van der Waals surface area contributed by atoms with Crippen molar-refractivity contribution in [2.24, 2.45) is 0 Å². The van der Waals surface area contributed by atoms with E-state index in [1.54, 1.807) is 125 Å². The van der Waals surface area contributed by atoms with E-state index in [0.29, 0.717) is 6.42 Å². The highest BCUT2D eigenvalue weighted by atomic mass is 16.5. The van der Waals surface area contributed by atoms with E-state index in [9.17, 15) is 4.79 Å². The lowest BCUT2D eigenvalue weighted by atomic mass is 9.72. The predicted octanol–water partition coefficient (Wildman–Crippen LogP) is 37.7. The molecule has 0 fully saturated rings. The van der Waals surface area contributed by atoms with Gasteiger partial charge in [0, 0.05) is 6.42 Å². The zero-order valence-electron chi connectivity index (χ0n) is 75.2. The van der Waals surface area contributed by atoms with Gasteiger partial charge >= 0.3 is 5.97 Å². The lowest BCUT2D eigenvalue weighted by Gasteiger charge is -2.30. The number of hydrogen-bond acceptors (Lipinski definition) is 2. The SMILES string of the molecule is CCCCCCCCCCCCc1cc2c3cc(CCCCCCCCCCCC)cc4c5cc(CCCCCCCCCCCC)cc6c7cc(CCCCCCCCCCC(=O)OC)cc8c9cc(CCCCCCCCCCCC)cc%10c%11cc(CCCCCCCCCCCC)cc%12c(c1)c2c1c(c34)c(c56)c(c78)c(c%109)c1c%12%11. The summed E-state index contributed by atoms with van der Waals surface area (Å²) in [6.45, 7) is 11.7. The molecule has 0 aliphatic rings. The molecule has 13 aromatic carbocycles. The molecule has 13 rings (SSSR count). The molecule has 0 heterocycles. The van der Waals surface area contributed by atoms with Gasteiger partial charge in [0.2, 0.25) is 0 Å². The molecule has 0 bridgehead atoms. The number of unbranched alkanes of at least 4 members (excludes halogenated alkanes) is 52. The molecule has 0 atom stereocenters. The van der Waals surface area contributed by atoms with E-state index in [2.05, 4.69) is 107 Å². The minimum absolute atomic E-state index is 0.0688. The van der Waals surface area contributed by atoms with Gasteiger partial charge in [-0.1, -0.05) is 435 Å². The second-order valence-electron chi connectivity index (χ2n) is 38.2.